The molecule has 0 spiro atoms. The van der Waals surface area contributed by atoms with Crippen molar-refractivity contribution < 1.29 is 9.22 Å². The van der Waals surface area contributed by atoms with Crippen molar-refractivity contribution in [2.24, 2.45) is 0 Å². The molecule has 0 amide bonds. The zero-order chi connectivity index (χ0) is 12.2. The lowest BCUT2D eigenvalue weighted by Crippen LogP contribution is -2.24. The molecule has 16 heavy (non-hydrogen) atoms. The third kappa shape index (κ3) is 4.44. The maximum atomic E-state index is 11.2. The molecule has 3 heteroatoms. The standard InChI is InChI=1S/C13H18O2Si/c1-11(14)10-13(15-16(2,3)4)12-8-6-5-7-9-12/h5-10H,1-4H3/b13-10-. The lowest BCUT2D eigenvalue weighted by molar-refractivity contribution is -0.112. The lowest BCUT2D eigenvalue weighted by Gasteiger charge is -2.21. The Hall–Kier alpha value is -1.35. The van der Waals surface area contributed by atoms with Crippen molar-refractivity contribution in [2.45, 2.75) is 26.6 Å². The van der Waals surface area contributed by atoms with Gasteiger partial charge in [-0.1, -0.05) is 30.3 Å². The highest BCUT2D eigenvalue weighted by molar-refractivity contribution is 6.70. The fraction of sp³-hybridized carbons (Fsp3) is 0.308. The average molecular weight is 234 g/mol. The summed E-state index contributed by atoms with van der Waals surface area (Å²) in [6.45, 7) is 7.84. The molecule has 0 fully saturated rings. The molecule has 1 aromatic rings. The fourth-order valence-electron chi connectivity index (χ4n) is 1.29. The number of benzene rings is 1. The third-order valence-corrected chi connectivity index (χ3v) is 2.64. The van der Waals surface area contributed by atoms with Gasteiger partial charge in [-0.05, 0) is 26.6 Å². The second-order valence-corrected chi connectivity index (χ2v) is 9.13. The predicted octanol–water partition coefficient (Wildman–Crippen LogP) is 3.47. The number of allylic oxidation sites excluding steroid dienone is 1. The van der Waals surface area contributed by atoms with Gasteiger partial charge in [0, 0.05) is 11.6 Å². The van der Waals surface area contributed by atoms with Gasteiger partial charge in [-0.25, -0.2) is 0 Å². The molecule has 1 aromatic carbocycles. The quantitative estimate of drug-likeness (QED) is 0.453. The van der Waals surface area contributed by atoms with Crippen molar-refractivity contribution in [2.75, 3.05) is 0 Å². The second kappa shape index (κ2) is 5.12. The summed E-state index contributed by atoms with van der Waals surface area (Å²) in [5.74, 6) is 0.698. The van der Waals surface area contributed by atoms with Crippen molar-refractivity contribution in [3.63, 3.8) is 0 Å². The minimum atomic E-state index is -1.69. The van der Waals surface area contributed by atoms with E-state index < -0.39 is 8.32 Å². The topological polar surface area (TPSA) is 26.3 Å². The van der Waals surface area contributed by atoms with E-state index in [2.05, 4.69) is 19.6 Å². The first-order valence-corrected chi connectivity index (χ1v) is 8.76. The van der Waals surface area contributed by atoms with Crippen LogP contribution in [-0.2, 0) is 9.22 Å². The van der Waals surface area contributed by atoms with Gasteiger partial charge in [0.25, 0.3) is 0 Å². The first-order valence-electron chi connectivity index (χ1n) is 5.35. The molecular formula is C13H18O2Si. The zero-order valence-electron chi connectivity index (χ0n) is 10.3. The Bertz CT molecular complexity index is 388. The van der Waals surface area contributed by atoms with Crippen LogP contribution >= 0.6 is 0 Å². The summed E-state index contributed by atoms with van der Waals surface area (Å²) in [7, 11) is -1.69. The molecule has 0 saturated carbocycles. The van der Waals surface area contributed by atoms with Crippen LogP contribution in [0.15, 0.2) is 36.4 Å². The van der Waals surface area contributed by atoms with Gasteiger partial charge in [-0.15, -0.1) is 0 Å². The van der Waals surface area contributed by atoms with Gasteiger partial charge in [0.05, 0.1) is 0 Å². The maximum absolute atomic E-state index is 11.2. The first-order chi connectivity index (χ1) is 7.38. The van der Waals surface area contributed by atoms with Gasteiger partial charge in [0.15, 0.2) is 5.78 Å². The Kier molecular flexibility index (Phi) is 4.07. The highest BCUT2D eigenvalue weighted by Gasteiger charge is 2.18. The van der Waals surface area contributed by atoms with Crippen LogP contribution in [-0.4, -0.2) is 14.1 Å². The van der Waals surface area contributed by atoms with Crippen LogP contribution in [0.4, 0.5) is 0 Å². The Morgan fingerprint density at radius 2 is 1.75 bits per heavy atom. The molecule has 0 saturated heterocycles. The van der Waals surface area contributed by atoms with Crippen LogP contribution in [0.25, 0.3) is 5.76 Å². The van der Waals surface area contributed by atoms with E-state index in [0.717, 1.165) is 5.56 Å². The van der Waals surface area contributed by atoms with Gasteiger partial charge >= 0.3 is 0 Å². The summed E-state index contributed by atoms with van der Waals surface area (Å²) in [4.78, 5) is 11.2. The molecular weight excluding hydrogens is 216 g/mol. The first kappa shape index (κ1) is 12.7. The van der Waals surface area contributed by atoms with E-state index in [1.54, 1.807) is 6.08 Å². The van der Waals surface area contributed by atoms with Crippen LogP contribution in [0.2, 0.25) is 19.6 Å². The molecule has 86 valence electrons. The number of carbonyl (C=O) groups excluding carboxylic acids is 1. The summed E-state index contributed by atoms with van der Waals surface area (Å²) in [6.07, 6.45) is 1.56. The van der Waals surface area contributed by atoms with Gasteiger partial charge < -0.3 is 4.43 Å². The van der Waals surface area contributed by atoms with Crippen molar-refractivity contribution in [1.82, 2.24) is 0 Å². The lowest BCUT2D eigenvalue weighted by atomic mass is 10.1. The van der Waals surface area contributed by atoms with E-state index >= 15 is 0 Å². The van der Waals surface area contributed by atoms with Gasteiger partial charge in [-0.3, -0.25) is 4.79 Å². The van der Waals surface area contributed by atoms with Crippen LogP contribution in [0.3, 0.4) is 0 Å². The Morgan fingerprint density at radius 1 is 1.19 bits per heavy atom. The number of rotatable bonds is 4. The molecule has 2 nitrogen and oxygen atoms in total. The minimum Gasteiger partial charge on any atom is -0.544 e. The number of hydrogen-bond acceptors (Lipinski definition) is 2. The summed E-state index contributed by atoms with van der Waals surface area (Å²) >= 11 is 0. The van der Waals surface area contributed by atoms with E-state index in [-0.39, 0.29) is 5.78 Å². The largest absolute Gasteiger partial charge is 0.544 e. The van der Waals surface area contributed by atoms with Gasteiger partial charge in [-0.2, -0.15) is 0 Å². The predicted molar refractivity (Wildman–Crippen MR) is 69.5 cm³/mol. The van der Waals surface area contributed by atoms with E-state index in [1.165, 1.54) is 6.92 Å². The SMILES string of the molecule is CC(=O)/C=C(\O[Si](C)(C)C)c1ccccc1. The summed E-state index contributed by atoms with van der Waals surface area (Å²) < 4.78 is 5.91. The smallest absolute Gasteiger partial charge is 0.242 e. The molecule has 0 N–H and O–H groups in total. The Balaban J connectivity index is 3.03. The van der Waals surface area contributed by atoms with E-state index in [1.807, 2.05) is 30.3 Å². The van der Waals surface area contributed by atoms with E-state index in [4.69, 9.17) is 4.43 Å². The molecule has 0 aliphatic rings. The minimum absolute atomic E-state index is 0.0112. The average Bonchev–Trinajstić information content (AvgIpc) is 2.15. The number of carbonyl (C=O) groups is 1. The Morgan fingerprint density at radius 3 is 2.19 bits per heavy atom. The van der Waals surface area contributed by atoms with Crippen LogP contribution in [0.1, 0.15) is 12.5 Å². The van der Waals surface area contributed by atoms with Crippen molar-refractivity contribution in [3.05, 3.63) is 42.0 Å². The highest BCUT2D eigenvalue weighted by atomic mass is 28.4. The summed E-state index contributed by atoms with van der Waals surface area (Å²) in [5, 5.41) is 0. The third-order valence-electron chi connectivity index (χ3n) is 1.81. The normalized spacial score (nSPS) is 12.4. The van der Waals surface area contributed by atoms with Crippen LogP contribution < -0.4 is 0 Å². The van der Waals surface area contributed by atoms with Crippen LogP contribution in [0.5, 0.6) is 0 Å². The van der Waals surface area contributed by atoms with Crippen molar-refractivity contribution >= 4 is 19.9 Å². The molecule has 0 bridgehead atoms. The summed E-state index contributed by atoms with van der Waals surface area (Å²) in [5.41, 5.74) is 0.958. The van der Waals surface area contributed by atoms with E-state index in [9.17, 15) is 4.79 Å². The monoisotopic (exact) mass is 234 g/mol. The van der Waals surface area contributed by atoms with Crippen molar-refractivity contribution in [3.8, 4) is 0 Å². The molecule has 0 aliphatic heterocycles. The highest BCUT2D eigenvalue weighted by Crippen LogP contribution is 2.20. The van der Waals surface area contributed by atoms with Gasteiger partial charge in [0.1, 0.15) is 5.76 Å². The fourth-order valence-corrected chi connectivity index (χ4v) is 2.13. The van der Waals surface area contributed by atoms with Crippen LogP contribution in [0, 0.1) is 0 Å². The molecule has 0 radical (unpaired) electrons. The van der Waals surface area contributed by atoms with Crippen molar-refractivity contribution in [1.29, 1.82) is 0 Å². The summed E-state index contributed by atoms with van der Waals surface area (Å²) in [6, 6.07) is 9.74. The molecule has 1 rings (SSSR count). The number of hydrogen-bond donors (Lipinski definition) is 0. The molecule has 0 atom stereocenters. The molecule has 0 unspecified atom stereocenters. The maximum Gasteiger partial charge on any atom is 0.242 e. The molecule has 0 aromatic heterocycles. The van der Waals surface area contributed by atoms with E-state index in [0.29, 0.717) is 5.76 Å². The zero-order valence-corrected chi connectivity index (χ0v) is 11.3. The molecule has 0 heterocycles. The van der Waals surface area contributed by atoms with Gasteiger partial charge in [0.2, 0.25) is 8.32 Å². The second-order valence-electron chi connectivity index (χ2n) is 4.70. The number of ketones is 1. The Labute approximate surface area is 98.1 Å². The molecule has 0 aliphatic carbocycles.